The molecule has 0 radical (unpaired) electrons. The maximum Gasteiger partial charge on any atom is 0.222 e. The molecule has 1 aromatic carbocycles. The topological polar surface area (TPSA) is 142 Å². The first-order chi connectivity index (χ1) is 14.5. The molecule has 7 N–H and O–H groups in total. The number of methoxy groups -OCH3 is 1. The van der Waals surface area contributed by atoms with E-state index in [0.717, 1.165) is 59.5 Å². The molecule has 9 nitrogen and oxygen atoms in total. The van der Waals surface area contributed by atoms with Crippen molar-refractivity contribution < 1.29 is 4.74 Å². The highest BCUT2D eigenvalue weighted by Gasteiger charge is 2.14. The van der Waals surface area contributed by atoms with Crippen LogP contribution < -0.4 is 27.4 Å². The minimum atomic E-state index is 0.259. The van der Waals surface area contributed by atoms with Gasteiger partial charge in [0, 0.05) is 24.7 Å². The van der Waals surface area contributed by atoms with Gasteiger partial charge in [-0.05, 0) is 30.2 Å². The molecule has 3 rings (SSSR count). The summed E-state index contributed by atoms with van der Waals surface area (Å²) < 4.78 is 7.66. The van der Waals surface area contributed by atoms with Gasteiger partial charge in [-0.25, -0.2) is 4.98 Å². The molecule has 0 unspecified atom stereocenters. The number of anilines is 2. The van der Waals surface area contributed by atoms with Gasteiger partial charge in [-0.1, -0.05) is 25.8 Å². The predicted molar refractivity (Wildman–Crippen MR) is 122 cm³/mol. The number of ether oxygens (including phenoxy) is 1. The molecular weight excluding hydrogens is 380 g/mol. The van der Waals surface area contributed by atoms with Crippen LogP contribution in [-0.2, 0) is 13.0 Å². The van der Waals surface area contributed by atoms with Crippen molar-refractivity contribution in [1.82, 2.24) is 14.5 Å². The summed E-state index contributed by atoms with van der Waals surface area (Å²) in [5.41, 5.74) is 15.4. The van der Waals surface area contributed by atoms with E-state index >= 15 is 0 Å². The Bertz CT molecular complexity index is 1030. The first-order valence-corrected chi connectivity index (χ1v) is 10.1. The maximum absolute atomic E-state index is 5.92. The highest BCUT2D eigenvalue weighted by atomic mass is 16.5. The van der Waals surface area contributed by atoms with E-state index in [9.17, 15) is 0 Å². The van der Waals surface area contributed by atoms with Crippen LogP contribution in [0.5, 0.6) is 5.75 Å². The number of fused-ring (bicyclic) bond motifs is 1. The molecule has 0 atom stereocenters. The van der Waals surface area contributed by atoms with Crippen LogP contribution in [0.15, 0.2) is 35.6 Å². The summed E-state index contributed by atoms with van der Waals surface area (Å²) in [4.78, 5) is 8.82. The van der Waals surface area contributed by atoms with Crippen LogP contribution in [0.25, 0.3) is 11.0 Å². The largest absolute Gasteiger partial charge is 0.496 e. The smallest absolute Gasteiger partial charge is 0.222 e. The molecular formula is C21H30N8O. The van der Waals surface area contributed by atoms with Gasteiger partial charge < -0.3 is 31.9 Å². The summed E-state index contributed by atoms with van der Waals surface area (Å²) in [6.45, 7) is 3.60. The summed E-state index contributed by atoms with van der Waals surface area (Å²) in [5.74, 6) is 7.44. The predicted octanol–water partition coefficient (Wildman–Crippen LogP) is 2.45. The summed E-state index contributed by atoms with van der Waals surface area (Å²) in [6, 6.07) is 7.88. The Hall–Kier alpha value is -3.49. The molecule has 0 amide bonds. The highest BCUT2D eigenvalue weighted by Crippen LogP contribution is 2.27. The lowest BCUT2D eigenvalue weighted by molar-refractivity contribution is 0.408. The van der Waals surface area contributed by atoms with Crippen molar-refractivity contribution in [1.29, 1.82) is 0 Å². The second-order valence-corrected chi connectivity index (χ2v) is 7.19. The lowest BCUT2D eigenvalue weighted by Crippen LogP contribution is -2.17. The van der Waals surface area contributed by atoms with Crippen molar-refractivity contribution >= 4 is 28.6 Å². The van der Waals surface area contributed by atoms with Gasteiger partial charge in [-0.2, -0.15) is 10.1 Å². The van der Waals surface area contributed by atoms with Gasteiger partial charge in [-0.15, -0.1) is 0 Å². The van der Waals surface area contributed by atoms with Crippen molar-refractivity contribution in [3.63, 3.8) is 0 Å². The highest BCUT2D eigenvalue weighted by molar-refractivity contribution is 5.87. The minimum Gasteiger partial charge on any atom is -0.496 e. The van der Waals surface area contributed by atoms with E-state index in [-0.39, 0.29) is 5.95 Å². The Morgan fingerprint density at radius 2 is 2.07 bits per heavy atom. The molecule has 0 bridgehead atoms. The Morgan fingerprint density at radius 3 is 2.80 bits per heavy atom. The van der Waals surface area contributed by atoms with Gasteiger partial charge in [0.05, 0.1) is 19.2 Å². The number of unbranched alkanes of at least 4 members (excludes halogenated alkanes) is 2. The molecule has 0 aliphatic carbocycles. The van der Waals surface area contributed by atoms with Gasteiger partial charge in [0.2, 0.25) is 5.95 Å². The van der Waals surface area contributed by atoms with Crippen LogP contribution in [0.3, 0.4) is 0 Å². The molecule has 0 saturated heterocycles. The third-order valence-electron chi connectivity index (χ3n) is 4.94. The van der Waals surface area contributed by atoms with E-state index in [1.807, 2.05) is 24.4 Å². The van der Waals surface area contributed by atoms with Gasteiger partial charge in [-0.3, -0.25) is 0 Å². The third-order valence-corrected chi connectivity index (χ3v) is 4.94. The Morgan fingerprint density at radius 1 is 1.23 bits per heavy atom. The Balaban J connectivity index is 1.94. The molecule has 30 heavy (non-hydrogen) atoms. The SMILES string of the molecule is CCCCCNc1nc(N)nc2ccn(Cc3cc(CC(N)=NN)ccc3OC)c12. The van der Waals surface area contributed by atoms with Gasteiger partial charge in [0.15, 0.2) is 5.82 Å². The summed E-state index contributed by atoms with van der Waals surface area (Å²) in [5, 5.41) is 6.98. The van der Waals surface area contributed by atoms with Crippen LogP contribution in [0.4, 0.5) is 11.8 Å². The van der Waals surface area contributed by atoms with E-state index in [1.54, 1.807) is 7.11 Å². The lowest BCUT2D eigenvalue weighted by Gasteiger charge is -2.14. The second kappa shape index (κ2) is 9.82. The number of hydrogen-bond donors (Lipinski definition) is 4. The fourth-order valence-corrected chi connectivity index (χ4v) is 3.47. The monoisotopic (exact) mass is 410 g/mol. The Labute approximate surface area is 176 Å². The number of hydrazone groups is 1. The first-order valence-electron chi connectivity index (χ1n) is 10.1. The zero-order valence-electron chi connectivity index (χ0n) is 17.6. The molecule has 2 heterocycles. The average Bonchev–Trinajstić information content (AvgIpc) is 3.13. The number of benzene rings is 1. The van der Waals surface area contributed by atoms with Crippen LogP contribution in [0.1, 0.15) is 37.3 Å². The van der Waals surface area contributed by atoms with E-state index < -0.39 is 0 Å². The van der Waals surface area contributed by atoms with Crippen molar-refractivity contribution in [2.24, 2.45) is 16.7 Å². The molecule has 0 saturated carbocycles. The van der Waals surface area contributed by atoms with Crippen molar-refractivity contribution in [3.05, 3.63) is 41.6 Å². The summed E-state index contributed by atoms with van der Waals surface area (Å²) in [6.07, 6.45) is 5.86. The summed E-state index contributed by atoms with van der Waals surface area (Å²) in [7, 11) is 1.66. The van der Waals surface area contributed by atoms with E-state index in [2.05, 4.69) is 37.9 Å². The second-order valence-electron chi connectivity index (χ2n) is 7.19. The first kappa shape index (κ1) is 21.2. The molecule has 0 fully saturated rings. The average molecular weight is 411 g/mol. The van der Waals surface area contributed by atoms with Crippen LogP contribution >= 0.6 is 0 Å². The molecule has 0 aliphatic rings. The molecule has 0 aliphatic heterocycles. The number of amidine groups is 1. The quantitative estimate of drug-likeness (QED) is 0.132. The number of aromatic nitrogens is 3. The molecule has 160 valence electrons. The van der Waals surface area contributed by atoms with Crippen LogP contribution in [0, 0.1) is 0 Å². The fourth-order valence-electron chi connectivity index (χ4n) is 3.47. The number of nitrogens with two attached hydrogens (primary N) is 3. The van der Waals surface area contributed by atoms with Crippen molar-refractivity contribution in [3.8, 4) is 5.75 Å². The maximum atomic E-state index is 5.92. The number of nitrogens with one attached hydrogen (secondary N) is 1. The number of nitrogen functional groups attached to an aromatic ring is 1. The fraction of sp³-hybridized carbons (Fsp3) is 0.381. The standard InChI is InChI=1S/C21H30N8O/c1-3-4-5-9-25-20-19-16(26-21(23)27-20)8-10-29(19)13-15-11-14(12-18(22)28-24)6-7-17(15)30-2/h6-8,10-11H,3-5,9,12-13,24H2,1-2H3,(H2,22,28)(H3,23,25,26,27). The Kier molecular flexibility index (Phi) is 6.95. The number of rotatable bonds is 10. The zero-order chi connectivity index (χ0) is 21.5. The van der Waals surface area contributed by atoms with E-state index in [4.69, 9.17) is 22.0 Å². The molecule has 0 spiro atoms. The number of nitrogens with zero attached hydrogens (tertiary/aromatic N) is 4. The van der Waals surface area contributed by atoms with Crippen molar-refractivity contribution in [2.45, 2.75) is 39.2 Å². The lowest BCUT2D eigenvalue weighted by atomic mass is 10.1. The van der Waals surface area contributed by atoms with Gasteiger partial charge >= 0.3 is 0 Å². The molecule has 2 aromatic heterocycles. The van der Waals surface area contributed by atoms with Gasteiger partial charge in [0.25, 0.3) is 0 Å². The van der Waals surface area contributed by atoms with Crippen molar-refractivity contribution in [2.75, 3.05) is 24.7 Å². The number of hydrogen-bond acceptors (Lipinski definition) is 7. The van der Waals surface area contributed by atoms with Crippen LogP contribution in [0.2, 0.25) is 0 Å². The molecule has 3 aromatic rings. The minimum absolute atomic E-state index is 0.259. The molecule has 9 heteroatoms. The van der Waals surface area contributed by atoms with E-state index in [1.165, 1.54) is 0 Å². The third kappa shape index (κ3) is 4.91. The zero-order valence-corrected chi connectivity index (χ0v) is 17.6. The summed E-state index contributed by atoms with van der Waals surface area (Å²) >= 11 is 0. The van der Waals surface area contributed by atoms with Crippen LogP contribution in [-0.4, -0.2) is 34.0 Å². The van der Waals surface area contributed by atoms with E-state index in [0.29, 0.717) is 18.8 Å². The van der Waals surface area contributed by atoms with Gasteiger partial charge in [0.1, 0.15) is 17.1 Å². The normalized spacial score (nSPS) is 11.7.